The van der Waals surface area contributed by atoms with Gasteiger partial charge >= 0.3 is 0 Å². The molecule has 2 heterocycles. The van der Waals surface area contributed by atoms with Gasteiger partial charge in [-0.1, -0.05) is 41.6 Å². The first-order valence-corrected chi connectivity index (χ1v) is 8.96. The van der Waals surface area contributed by atoms with Crippen molar-refractivity contribution in [3.8, 4) is 17.1 Å². The van der Waals surface area contributed by atoms with Crippen LogP contribution in [0.15, 0.2) is 65.2 Å². The molecule has 6 heteroatoms. The molecule has 0 aliphatic carbocycles. The number of hydrogen-bond acceptors (Lipinski definition) is 5. The van der Waals surface area contributed by atoms with E-state index < -0.39 is 0 Å². The Labute approximate surface area is 157 Å². The summed E-state index contributed by atoms with van der Waals surface area (Å²) >= 11 is 0. The summed E-state index contributed by atoms with van der Waals surface area (Å²) in [6.07, 6.45) is 2.24. The number of carbonyl (C=O) groups excluding carboxylic acids is 1. The van der Waals surface area contributed by atoms with Crippen LogP contribution < -0.4 is 10.1 Å². The summed E-state index contributed by atoms with van der Waals surface area (Å²) in [5.74, 6) is 0.903. The molecule has 1 aromatic heterocycles. The van der Waals surface area contributed by atoms with Crippen LogP contribution >= 0.6 is 0 Å². The average Bonchev–Trinajstić information content (AvgIpc) is 3.39. The lowest BCUT2D eigenvalue weighted by atomic mass is 10.1. The smallest absolute Gasteiger partial charge is 0.277 e. The van der Waals surface area contributed by atoms with Crippen LogP contribution in [0.5, 0.6) is 5.75 Å². The van der Waals surface area contributed by atoms with Crippen molar-refractivity contribution in [2.24, 2.45) is 0 Å². The highest BCUT2D eigenvalue weighted by atomic mass is 16.5. The molecule has 6 nitrogen and oxygen atoms in total. The Kier molecular flexibility index (Phi) is 5.16. The standard InChI is InChI=1S/C21H20N2O4/c24-21(19-13-20(27-23-19)15-6-2-1-3-7-15)22-16-8-4-9-17(12-16)26-14-18-10-5-11-25-18/h1-4,6-9,12-13,18H,5,10-11,14H2,(H,22,24). The van der Waals surface area contributed by atoms with Crippen molar-refractivity contribution in [3.63, 3.8) is 0 Å². The van der Waals surface area contributed by atoms with Crippen LogP contribution in [0.2, 0.25) is 0 Å². The molecule has 138 valence electrons. The zero-order valence-corrected chi connectivity index (χ0v) is 14.8. The minimum Gasteiger partial charge on any atom is -0.491 e. The van der Waals surface area contributed by atoms with Crippen LogP contribution in [0.4, 0.5) is 5.69 Å². The van der Waals surface area contributed by atoms with E-state index in [0.29, 0.717) is 23.8 Å². The molecule has 1 atom stereocenters. The first-order valence-electron chi connectivity index (χ1n) is 8.96. The number of benzene rings is 2. The van der Waals surface area contributed by atoms with Crippen LogP contribution in [0, 0.1) is 0 Å². The van der Waals surface area contributed by atoms with E-state index in [-0.39, 0.29) is 17.7 Å². The van der Waals surface area contributed by atoms with Crippen molar-refractivity contribution in [3.05, 3.63) is 66.4 Å². The quantitative estimate of drug-likeness (QED) is 0.711. The second-order valence-electron chi connectivity index (χ2n) is 6.37. The van der Waals surface area contributed by atoms with Gasteiger partial charge in [0.05, 0.1) is 6.10 Å². The number of aromatic nitrogens is 1. The second-order valence-corrected chi connectivity index (χ2v) is 6.37. The summed E-state index contributed by atoms with van der Waals surface area (Å²) in [4.78, 5) is 12.4. The first-order chi connectivity index (χ1) is 13.3. The van der Waals surface area contributed by atoms with E-state index in [0.717, 1.165) is 25.0 Å². The molecule has 0 bridgehead atoms. The minimum atomic E-state index is -0.336. The SMILES string of the molecule is O=C(Nc1cccc(OCC2CCCO2)c1)c1cc(-c2ccccc2)on1. The lowest BCUT2D eigenvalue weighted by molar-refractivity contribution is 0.0680. The number of ether oxygens (including phenoxy) is 2. The van der Waals surface area contributed by atoms with E-state index in [1.807, 2.05) is 42.5 Å². The van der Waals surface area contributed by atoms with Crippen molar-refractivity contribution >= 4 is 11.6 Å². The van der Waals surface area contributed by atoms with Crippen LogP contribution in [0.1, 0.15) is 23.3 Å². The molecule has 1 unspecified atom stereocenters. The number of carbonyl (C=O) groups is 1. The fraction of sp³-hybridized carbons (Fsp3) is 0.238. The van der Waals surface area contributed by atoms with E-state index in [9.17, 15) is 4.79 Å². The summed E-state index contributed by atoms with van der Waals surface area (Å²) in [6.45, 7) is 1.31. The fourth-order valence-corrected chi connectivity index (χ4v) is 2.94. The van der Waals surface area contributed by atoms with Crippen molar-refractivity contribution in [2.75, 3.05) is 18.5 Å². The van der Waals surface area contributed by atoms with Crippen LogP contribution in [-0.2, 0) is 4.74 Å². The molecule has 0 radical (unpaired) electrons. The third-order valence-corrected chi connectivity index (χ3v) is 4.35. The third-order valence-electron chi connectivity index (χ3n) is 4.35. The van der Waals surface area contributed by atoms with Crippen molar-refractivity contribution in [1.29, 1.82) is 0 Å². The van der Waals surface area contributed by atoms with Crippen LogP contribution in [0.25, 0.3) is 11.3 Å². The molecule has 0 spiro atoms. The normalized spacial score (nSPS) is 16.2. The number of rotatable bonds is 6. The Morgan fingerprint density at radius 3 is 2.85 bits per heavy atom. The number of hydrogen-bond donors (Lipinski definition) is 1. The average molecular weight is 364 g/mol. The maximum absolute atomic E-state index is 12.4. The second kappa shape index (κ2) is 8.05. The Hall–Kier alpha value is -3.12. The molecule has 1 amide bonds. The topological polar surface area (TPSA) is 73.6 Å². The predicted molar refractivity (Wildman–Crippen MR) is 101 cm³/mol. The van der Waals surface area contributed by atoms with Gasteiger partial charge in [0.2, 0.25) is 0 Å². The van der Waals surface area contributed by atoms with Gasteiger partial charge in [0.15, 0.2) is 11.5 Å². The van der Waals surface area contributed by atoms with Crippen molar-refractivity contribution in [2.45, 2.75) is 18.9 Å². The van der Waals surface area contributed by atoms with Gasteiger partial charge in [-0.25, -0.2) is 0 Å². The Morgan fingerprint density at radius 2 is 2.04 bits per heavy atom. The summed E-state index contributed by atoms with van der Waals surface area (Å²) in [5, 5.41) is 6.68. The summed E-state index contributed by atoms with van der Waals surface area (Å²) in [5.41, 5.74) is 1.72. The number of amides is 1. The third kappa shape index (κ3) is 4.35. The van der Waals surface area contributed by atoms with E-state index in [1.54, 1.807) is 18.2 Å². The molecular weight excluding hydrogens is 344 g/mol. The van der Waals surface area contributed by atoms with Gasteiger partial charge in [-0.05, 0) is 25.0 Å². The lowest BCUT2D eigenvalue weighted by Crippen LogP contribution is -2.16. The molecule has 1 N–H and O–H groups in total. The molecule has 27 heavy (non-hydrogen) atoms. The first kappa shape index (κ1) is 17.3. The summed E-state index contributed by atoms with van der Waals surface area (Å²) in [7, 11) is 0. The molecule has 3 aromatic rings. The largest absolute Gasteiger partial charge is 0.491 e. The molecule has 1 saturated heterocycles. The van der Waals surface area contributed by atoms with E-state index >= 15 is 0 Å². The van der Waals surface area contributed by atoms with Gasteiger partial charge in [-0.2, -0.15) is 0 Å². The van der Waals surface area contributed by atoms with Crippen molar-refractivity contribution in [1.82, 2.24) is 5.16 Å². The van der Waals surface area contributed by atoms with Gasteiger partial charge < -0.3 is 19.3 Å². The Morgan fingerprint density at radius 1 is 1.15 bits per heavy atom. The molecule has 0 saturated carbocycles. The molecule has 4 rings (SSSR count). The summed E-state index contributed by atoms with van der Waals surface area (Å²) in [6, 6.07) is 18.4. The molecule has 1 aliphatic rings. The number of nitrogens with one attached hydrogen (secondary N) is 1. The zero-order chi connectivity index (χ0) is 18.5. The number of nitrogens with zero attached hydrogens (tertiary/aromatic N) is 1. The Bertz CT molecular complexity index is 901. The maximum atomic E-state index is 12.4. The van der Waals surface area contributed by atoms with Gasteiger partial charge in [-0.15, -0.1) is 0 Å². The van der Waals surface area contributed by atoms with E-state index in [4.69, 9.17) is 14.0 Å². The van der Waals surface area contributed by atoms with Crippen LogP contribution in [-0.4, -0.2) is 30.4 Å². The number of anilines is 1. The highest BCUT2D eigenvalue weighted by Crippen LogP contribution is 2.22. The van der Waals surface area contributed by atoms with Gasteiger partial charge in [0.25, 0.3) is 5.91 Å². The highest BCUT2D eigenvalue weighted by molar-refractivity contribution is 6.03. The maximum Gasteiger partial charge on any atom is 0.277 e. The van der Waals surface area contributed by atoms with Gasteiger partial charge in [0.1, 0.15) is 12.4 Å². The van der Waals surface area contributed by atoms with Crippen LogP contribution in [0.3, 0.4) is 0 Å². The Balaban J connectivity index is 1.39. The highest BCUT2D eigenvalue weighted by Gasteiger charge is 2.17. The molecule has 1 aliphatic heterocycles. The summed E-state index contributed by atoms with van der Waals surface area (Å²) < 4.78 is 16.6. The van der Waals surface area contributed by atoms with E-state index in [2.05, 4.69) is 10.5 Å². The van der Waals surface area contributed by atoms with Gasteiger partial charge in [0, 0.05) is 30.0 Å². The monoisotopic (exact) mass is 364 g/mol. The fourth-order valence-electron chi connectivity index (χ4n) is 2.94. The predicted octanol–water partition coefficient (Wildman–Crippen LogP) is 4.15. The minimum absolute atomic E-state index is 0.148. The van der Waals surface area contributed by atoms with Gasteiger partial charge in [-0.3, -0.25) is 4.79 Å². The molecule has 2 aromatic carbocycles. The molecule has 1 fully saturated rings. The van der Waals surface area contributed by atoms with E-state index in [1.165, 1.54) is 0 Å². The van der Waals surface area contributed by atoms with Crippen molar-refractivity contribution < 1.29 is 18.8 Å². The zero-order valence-electron chi connectivity index (χ0n) is 14.8. The lowest BCUT2D eigenvalue weighted by Gasteiger charge is -2.12. The molecular formula is C21H20N2O4.